The fourth-order valence-corrected chi connectivity index (χ4v) is 4.43. The first-order chi connectivity index (χ1) is 9.36. The van der Waals surface area contributed by atoms with Gasteiger partial charge in [-0.05, 0) is 44.6 Å². The molecule has 0 aliphatic carbocycles. The number of alkyl halides is 1. The summed E-state index contributed by atoms with van der Waals surface area (Å²) in [6.07, 6.45) is 0.875. The summed E-state index contributed by atoms with van der Waals surface area (Å²) in [6, 6.07) is 5.68. The van der Waals surface area contributed by atoms with E-state index in [4.69, 9.17) is 11.6 Å². The summed E-state index contributed by atoms with van der Waals surface area (Å²) >= 11 is 5.81. The van der Waals surface area contributed by atoms with E-state index < -0.39 is 10.0 Å². The smallest absolute Gasteiger partial charge is 0.243 e. The van der Waals surface area contributed by atoms with Crippen LogP contribution in [0.5, 0.6) is 0 Å². The maximum atomic E-state index is 12.8. The van der Waals surface area contributed by atoms with Gasteiger partial charge in [-0.25, -0.2) is 8.42 Å². The average Bonchev–Trinajstić information content (AvgIpc) is 2.89. The summed E-state index contributed by atoms with van der Waals surface area (Å²) in [6.45, 7) is 2.96. The van der Waals surface area contributed by atoms with Crippen LogP contribution in [0.15, 0.2) is 23.1 Å². The Morgan fingerprint density at radius 3 is 2.65 bits per heavy atom. The highest BCUT2D eigenvalue weighted by Gasteiger charge is 2.34. The van der Waals surface area contributed by atoms with Crippen LogP contribution in [-0.4, -0.2) is 50.8 Å². The van der Waals surface area contributed by atoms with E-state index in [9.17, 15) is 8.42 Å². The van der Waals surface area contributed by atoms with Crippen LogP contribution >= 0.6 is 11.6 Å². The van der Waals surface area contributed by atoms with E-state index in [0.717, 1.165) is 17.5 Å². The highest BCUT2D eigenvalue weighted by atomic mass is 35.5. The third kappa shape index (κ3) is 3.01. The average molecular weight is 317 g/mol. The largest absolute Gasteiger partial charge is 0.305 e. The van der Waals surface area contributed by atoms with Crippen molar-refractivity contribution in [3.8, 4) is 0 Å². The Balaban J connectivity index is 2.32. The van der Waals surface area contributed by atoms with E-state index in [2.05, 4.69) is 4.90 Å². The number of benzene rings is 1. The number of halogens is 1. The molecule has 1 aliphatic heterocycles. The van der Waals surface area contributed by atoms with Gasteiger partial charge in [0, 0.05) is 25.0 Å². The zero-order chi connectivity index (χ0) is 14.9. The first-order valence-corrected chi connectivity index (χ1v) is 8.66. The van der Waals surface area contributed by atoms with Crippen LogP contribution in [0.2, 0.25) is 0 Å². The van der Waals surface area contributed by atoms with Crippen LogP contribution in [0.25, 0.3) is 0 Å². The monoisotopic (exact) mass is 316 g/mol. The third-order valence-corrected chi connectivity index (χ3v) is 6.20. The molecule has 1 aromatic rings. The number of sulfonamides is 1. The first-order valence-electron chi connectivity index (χ1n) is 6.68. The van der Waals surface area contributed by atoms with Crippen LogP contribution < -0.4 is 0 Å². The van der Waals surface area contributed by atoms with Gasteiger partial charge in [-0.15, -0.1) is 11.6 Å². The van der Waals surface area contributed by atoms with Crippen LogP contribution in [0, 0.1) is 6.92 Å². The highest BCUT2D eigenvalue weighted by molar-refractivity contribution is 7.89. The molecule has 1 fully saturated rings. The number of aryl methyl sites for hydroxylation is 1. The summed E-state index contributed by atoms with van der Waals surface area (Å²) in [4.78, 5) is 2.47. The second kappa shape index (κ2) is 6.02. The zero-order valence-corrected chi connectivity index (χ0v) is 13.7. The predicted octanol–water partition coefficient (Wildman–Crippen LogP) is 2.06. The highest BCUT2D eigenvalue weighted by Crippen LogP contribution is 2.26. The van der Waals surface area contributed by atoms with E-state index in [1.54, 1.807) is 10.4 Å². The molecule has 0 N–H and O–H groups in total. The second-order valence-electron chi connectivity index (χ2n) is 5.50. The molecule has 112 valence electrons. The van der Waals surface area contributed by atoms with Crippen molar-refractivity contribution in [2.75, 3.05) is 27.2 Å². The molecule has 2 rings (SSSR count). The fraction of sp³-hybridized carbons (Fsp3) is 0.571. The lowest BCUT2D eigenvalue weighted by Crippen LogP contribution is -2.34. The fourth-order valence-electron chi connectivity index (χ4n) is 2.50. The molecular formula is C14H21ClN2O2S. The summed E-state index contributed by atoms with van der Waals surface area (Å²) in [5, 5.41) is 0. The maximum Gasteiger partial charge on any atom is 0.243 e. The molecular weight excluding hydrogens is 296 g/mol. The van der Waals surface area contributed by atoms with Crippen LogP contribution in [0.3, 0.4) is 0 Å². The topological polar surface area (TPSA) is 40.6 Å². The Morgan fingerprint density at radius 2 is 2.10 bits per heavy atom. The molecule has 0 spiro atoms. The van der Waals surface area contributed by atoms with E-state index in [1.807, 2.05) is 33.2 Å². The van der Waals surface area contributed by atoms with Gasteiger partial charge in [-0.1, -0.05) is 12.1 Å². The lowest BCUT2D eigenvalue weighted by Gasteiger charge is -2.21. The van der Waals surface area contributed by atoms with Gasteiger partial charge in [0.15, 0.2) is 0 Å². The second-order valence-corrected chi connectivity index (χ2v) is 7.68. The molecule has 20 heavy (non-hydrogen) atoms. The summed E-state index contributed by atoms with van der Waals surface area (Å²) in [7, 11) is 0.552. The van der Waals surface area contributed by atoms with Gasteiger partial charge in [0.05, 0.1) is 4.90 Å². The normalized spacial score (nSPS) is 20.8. The van der Waals surface area contributed by atoms with Crippen molar-refractivity contribution in [2.24, 2.45) is 0 Å². The van der Waals surface area contributed by atoms with Gasteiger partial charge < -0.3 is 4.90 Å². The van der Waals surface area contributed by atoms with Crippen molar-refractivity contribution in [2.45, 2.75) is 30.2 Å². The Labute approximate surface area is 126 Å². The number of nitrogens with zero attached hydrogens (tertiary/aromatic N) is 2. The molecule has 0 saturated carbocycles. The molecule has 0 radical (unpaired) electrons. The summed E-state index contributed by atoms with van der Waals surface area (Å²) < 4.78 is 27.1. The number of likely N-dealkylation sites (N-methyl/N-ethyl adjacent to an activating group) is 1. The van der Waals surface area contributed by atoms with Crippen molar-refractivity contribution in [3.05, 3.63) is 29.3 Å². The van der Waals surface area contributed by atoms with E-state index >= 15 is 0 Å². The molecule has 1 unspecified atom stereocenters. The van der Waals surface area contributed by atoms with Gasteiger partial charge >= 0.3 is 0 Å². The molecule has 1 atom stereocenters. The molecule has 1 heterocycles. The summed E-state index contributed by atoms with van der Waals surface area (Å²) in [5.74, 6) is 0.323. The number of hydrogen-bond acceptors (Lipinski definition) is 3. The number of hydrogen-bond donors (Lipinski definition) is 0. The maximum absolute atomic E-state index is 12.8. The van der Waals surface area contributed by atoms with Crippen molar-refractivity contribution < 1.29 is 8.42 Å². The lowest BCUT2D eigenvalue weighted by molar-refractivity contribution is 0.302. The van der Waals surface area contributed by atoms with E-state index in [0.29, 0.717) is 29.9 Å². The van der Waals surface area contributed by atoms with Crippen LogP contribution in [0.4, 0.5) is 0 Å². The first kappa shape index (κ1) is 15.8. The SMILES string of the molecule is Cc1ccc(CCl)cc1S(=O)(=O)N1CCC(N(C)C)C1. The molecule has 1 aliphatic rings. The van der Waals surface area contributed by atoms with Gasteiger partial charge in [0.2, 0.25) is 10.0 Å². The number of rotatable bonds is 4. The molecule has 0 amide bonds. The van der Waals surface area contributed by atoms with Gasteiger partial charge in [0.1, 0.15) is 0 Å². The molecule has 6 heteroatoms. The summed E-state index contributed by atoms with van der Waals surface area (Å²) in [5.41, 5.74) is 1.60. The predicted molar refractivity (Wildman–Crippen MR) is 81.6 cm³/mol. The van der Waals surface area contributed by atoms with E-state index in [-0.39, 0.29) is 0 Å². The van der Waals surface area contributed by atoms with E-state index in [1.165, 1.54) is 0 Å². The lowest BCUT2D eigenvalue weighted by atomic mass is 10.2. The van der Waals surface area contributed by atoms with Crippen molar-refractivity contribution >= 4 is 21.6 Å². The zero-order valence-electron chi connectivity index (χ0n) is 12.1. The van der Waals surface area contributed by atoms with Gasteiger partial charge in [-0.2, -0.15) is 4.31 Å². The minimum atomic E-state index is -3.42. The Hall–Kier alpha value is -0.620. The minimum Gasteiger partial charge on any atom is -0.305 e. The molecule has 1 aromatic carbocycles. The standard InChI is InChI=1S/C14H21ClN2O2S/c1-11-4-5-12(9-15)8-14(11)20(18,19)17-7-6-13(10-17)16(2)3/h4-5,8,13H,6-7,9-10H2,1-3H3. The molecule has 0 aromatic heterocycles. The molecule has 0 bridgehead atoms. The van der Waals surface area contributed by atoms with Crippen molar-refractivity contribution in [1.82, 2.24) is 9.21 Å². The van der Waals surface area contributed by atoms with Crippen molar-refractivity contribution in [1.29, 1.82) is 0 Å². The molecule has 4 nitrogen and oxygen atoms in total. The molecule has 1 saturated heterocycles. The van der Waals surface area contributed by atoms with Crippen molar-refractivity contribution in [3.63, 3.8) is 0 Å². The minimum absolute atomic E-state index is 0.293. The Kier molecular flexibility index (Phi) is 4.74. The quantitative estimate of drug-likeness (QED) is 0.798. The Morgan fingerprint density at radius 1 is 1.40 bits per heavy atom. The van der Waals surface area contributed by atoms with Crippen LogP contribution in [0.1, 0.15) is 17.5 Å². The Bertz CT molecular complexity index is 587. The van der Waals surface area contributed by atoms with Gasteiger partial charge in [-0.3, -0.25) is 0 Å². The third-order valence-electron chi connectivity index (χ3n) is 3.88. The van der Waals surface area contributed by atoms with Crippen LogP contribution in [-0.2, 0) is 15.9 Å². The van der Waals surface area contributed by atoms with Gasteiger partial charge in [0.25, 0.3) is 0 Å².